The minimum atomic E-state index is 1.03. The van der Waals surface area contributed by atoms with Crippen LogP contribution in [0.5, 0.6) is 0 Å². The van der Waals surface area contributed by atoms with Gasteiger partial charge in [-0.25, -0.2) is 4.42 Å². The van der Waals surface area contributed by atoms with Gasteiger partial charge in [0.25, 0.3) is 0 Å². The van der Waals surface area contributed by atoms with E-state index in [4.69, 9.17) is 4.42 Å². The van der Waals surface area contributed by atoms with Crippen molar-refractivity contribution in [2.45, 2.75) is 85.0 Å². The third-order valence-electron chi connectivity index (χ3n) is 3.64. The second kappa shape index (κ2) is 10.00. The Morgan fingerprint density at radius 3 is 1.95 bits per heavy atom. The minimum Gasteiger partial charge on any atom is -0.218 e. The first-order valence-electron chi connectivity index (χ1n) is 8.12. The molecule has 0 aliphatic carbocycles. The van der Waals surface area contributed by atoms with Gasteiger partial charge in [0.05, 0.1) is 13.3 Å². The summed E-state index contributed by atoms with van der Waals surface area (Å²) in [5, 5.41) is 0. The number of aryl methyl sites for hydroxylation is 3. The van der Waals surface area contributed by atoms with Crippen LogP contribution in [0.3, 0.4) is 0 Å². The van der Waals surface area contributed by atoms with Crippen LogP contribution in [0.1, 0.15) is 81.8 Å². The van der Waals surface area contributed by atoms with Gasteiger partial charge in [-0.2, -0.15) is 0 Å². The molecule has 1 rings (SSSR count). The lowest BCUT2D eigenvalue weighted by atomic mass is 10.1. The second-order valence-electron chi connectivity index (χ2n) is 5.79. The molecule has 0 saturated heterocycles. The van der Waals surface area contributed by atoms with E-state index in [0.717, 1.165) is 17.9 Å². The molecule has 0 N–H and O–H groups in total. The molecule has 0 amide bonds. The van der Waals surface area contributed by atoms with Crippen LogP contribution in [0.2, 0.25) is 0 Å². The molecule has 0 unspecified atom stereocenters. The van der Waals surface area contributed by atoms with Gasteiger partial charge in [0.1, 0.15) is 0 Å². The minimum absolute atomic E-state index is 1.03. The molecule has 19 heavy (non-hydrogen) atoms. The van der Waals surface area contributed by atoms with Crippen molar-refractivity contribution in [2.24, 2.45) is 0 Å². The molecule has 108 valence electrons. The van der Waals surface area contributed by atoms with E-state index in [1.165, 1.54) is 63.4 Å². The van der Waals surface area contributed by atoms with Crippen LogP contribution in [0, 0.1) is 13.8 Å². The first kappa shape index (κ1) is 16.2. The van der Waals surface area contributed by atoms with Crippen molar-refractivity contribution < 1.29 is 4.42 Å². The molecule has 0 aliphatic heterocycles. The molecule has 0 spiro atoms. The molecule has 1 nitrogen and oxygen atoms in total. The van der Waals surface area contributed by atoms with Gasteiger partial charge in [-0.1, -0.05) is 58.3 Å². The number of hydrogen-bond donors (Lipinski definition) is 0. The van der Waals surface area contributed by atoms with E-state index in [9.17, 15) is 0 Å². The zero-order chi connectivity index (χ0) is 13.9. The van der Waals surface area contributed by atoms with Gasteiger partial charge in [-0.05, 0) is 18.9 Å². The molecular weight excluding hydrogens is 232 g/mol. The SMILES string of the molecule is CCCCCCCCCCCc1cc(C)cc(C)[o+]1. The quantitative estimate of drug-likeness (QED) is 0.358. The molecule has 1 heteroatoms. The van der Waals surface area contributed by atoms with Crippen molar-refractivity contribution in [1.29, 1.82) is 0 Å². The molecule has 0 saturated carbocycles. The van der Waals surface area contributed by atoms with Gasteiger partial charge >= 0.3 is 11.5 Å². The lowest BCUT2D eigenvalue weighted by Gasteiger charge is -2.00. The molecule has 0 aliphatic rings. The van der Waals surface area contributed by atoms with E-state index in [1.807, 2.05) is 6.92 Å². The molecule has 0 bridgehead atoms. The zero-order valence-electron chi connectivity index (χ0n) is 13.1. The Kier molecular flexibility index (Phi) is 8.53. The Bertz CT molecular complexity index is 323. The maximum absolute atomic E-state index is 5.73. The summed E-state index contributed by atoms with van der Waals surface area (Å²) >= 11 is 0. The van der Waals surface area contributed by atoms with Crippen molar-refractivity contribution in [3.63, 3.8) is 0 Å². The van der Waals surface area contributed by atoms with Crippen LogP contribution in [0.15, 0.2) is 16.5 Å². The van der Waals surface area contributed by atoms with Gasteiger partial charge in [-0.3, -0.25) is 0 Å². The largest absolute Gasteiger partial charge is 0.329 e. The molecule has 0 radical (unpaired) electrons. The molecule has 0 atom stereocenters. The third-order valence-corrected chi connectivity index (χ3v) is 3.64. The Morgan fingerprint density at radius 1 is 0.789 bits per heavy atom. The van der Waals surface area contributed by atoms with Crippen molar-refractivity contribution >= 4 is 0 Å². The molecule has 0 fully saturated rings. The molecule has 1 aromatic rings. The highest BCUT2D eigenvalue weighted by molar-refractivity contribution is 5.15. The van der Waals surface area contributed by atoms with Gasteiger partial charge in [-0.15, -0.1) is 0 Å². The van der Waals surface area contributed by atoms with E-state index in [-0.39, 0.29) is 0 Å². The average Bonchev–Trinajstić information content (AvgIpc) is 2.36. The fourth-order valence-corrected chi connectivity index (χ4v) is 2.62. The fourth-order valence-electron chi connectivity index (χ4n) is 2.62. The first-order chi connectivity index (χ1) is 9.22. The summed E-state index contributed by atoms with van der Waals surface area (Å²) in [6.07, 6.45) is 13.5. The number of unbranched alkanes of at least 4 members (excludes halogenated alkanes) is 8. The van der Waals surface area contributed by atoms with E-state index in [1.54, 1.807) is 0 Å². The topological polar surface area (TPSA) is 11.3 Å². The van der Waals surface area contributed by atoms with Crippen LogP contribution < -0.4 is 0 Å². The molecule has 1 aromatic heterocycles. The highest BCUT2D eigenvalue weighted by Crippen LogP contribution is 2.14. The van der Waals surface area contributed by atoms with Crippen LogP contribution in [0.4, 0.5) is 0 Å². The predicted molar refractivity (Wildman–Crippen MR) is 83.5 cm³/mol. The van der Waals surface area contributed by atoms with E-state index in [2.05, 4.69) is 26.0 Å². The summed E-state index contributed by atoms with van der Waals surface area (Å²) in [7, 11) is 0. The average molecular weight is 263 g/mol. The Labute approximate surface area is 119 Å². The Morgan fingerprint density at radius 2 is 1.37 bits per heavy atom. The summed E-state index contributed by atoms with van der Waals surface area (Å²) < 4.78 is 5.73. The summed E-state index contributed by atoms with van der Waals surface area (Å²) in [6.45, 7) is 6.45. The van der Waals surface area contributed by atoms with E-state index >= 15 is 0 Å². The maximum Gasteiger partial charge on any atom is 0.329 e. The lowest BCUT2D eigenvalue weighted by Crippen LogP contribution is -1.89. The van der Waals surface area contributed by atoms with Gasteiger partial charge in [0, 0.05) is 12.1 Å². The first-order valence-corrected chi connectivity index (χ1v) is 8.12. The lowest BCUT2D eigenvalue weighted by molar-refractivity contribution is 0.451. The molecule has 1 heterocycles. The fraction of sp³-hybridized carbons (Fsp3) is 0.722. The van der Waals surface area contributed by atoms with Crippen molar-refractivity contribution in [3.8, 4) is 0 Å². The monoisotopic (exact) mass is 263 g/mol. The highest BCUT2D eigenvalue weighted by atomic mass is 16.3. The van der Waals surface area contributed by atoms with Crippen molar-refractivity contribution in [1.82, 2.24) is 0 Å². The number of hydrogen-bond acceptors (Lipinski definition) is 0. The maximum atomic E-state index is 5.73. The molecule has 0 aromatic carbocycles. The summed E-state index contributed by atoms with van der Waals surface area (Å²) in [4.78, 5) is 0. The number of rotatable bonds is 10. The van der Waals surface area contributed by atoms with Crippen LogP contribution in [-0.2, 0) is 6.42 Å². The smallest absolute Gasteiger partial charge is 0.218 e. The van der Waals surface area contributed by atoms with Crippen molar-refractivity contribution in [3.05, 3.63) is 29.2 Å². The van der Waals surface area contributed by atoms with E-state index in [0.29, 0.717) is 0 Å². The zero-order valence-corrected chi connectivity index (χ0v) is 13.1. The van der Waals surface area contributed by atoms with Gasteiger partial charge < -0.3 is 0 Å². The predicted octanol–water partition coefficient (Wildman–Crippen LogP) is 6.25. The van der Waals surface area contributed by atoms with Crippen LogP contribution in [-0.4, -0.2) is 0 Å². The summed E-state index contributed by atoms with van der Waals surface area (Å²) in [6, 6.07) is 4.28. The van der Waals surface area contributed by atoms with Gasteiger partial charge in [0.2, 0.25) is 0 Å². The van der Waals surface area contributed by atoms with Crippen molar-refractivity contribution in [2.75, 3.05) is 0 Å². The Hall–Kier alpha value is -0.850. The Balaban J connectivity index is 2.01. The van der Waals surface area contributed by atoms with Crippen LogP contribution in [0.25, 0.3) is 0 Å². The normalized spacial score (nSPS) is 10.9. The highest BCUT2D eigenvalue weighted by Gasteiger charge is 2.10. The second-order valence-corrected chi connectivity index (χ2v) is 5.79. The molecular formula is C18H31O+. The van der Waals surface area contributed by atoms with Crippen LogP contribution >= 0.6 is 0 Å². The third kappa shape index (κ3) is 8.02. The summed E-state index contributed by atoms with van der Waals surface area (Å²) in [5.74, 6) is 2.19. The van der Waals surface area contributed by atoms with E-state index < -0.39 is 0 Å². The summed E-state index contributed by atoms with van der Waals surface area (Å²) in [5.41, 5.74) is 1.31. The standard InChI is InChI=1S/C18H31O/c1-4-5-6-7-8-9-10-11-12-13-18-15-16(2)14-17(3)19-18/h14-15H,4-13H2,1-3H3/q+1. The van der Waals surface area contributed by atoms with Gasteiger partial charge in [0.15, 0.2) is 0 Å².